The largest absolute Gasteiger partial charge is 0.507 e. The number of piperidine rings is 1. The summed E-state index contributed by atoms with van der Waals surface area (Å²) in [6, 6.07) is 3.28. The van der Waals surface area contributed by atoms with Gasteiger partial charge in [-0.05, 0) is 25.9 Å². The molecular formula is C14H22N2WY-2. The molecule has 0 amide bonds. The van der Waals surface area contributed by atoms with Crippen LogP contribution in [-0.2, 0) is 53.8 Å². The first-order valence-corrected chi connectivity index (χ1v) is 6.30. The van der Waals surface area contributed by atoms with Gasteiger partial charge in [-0.1, -0.05) is 34.1 Å². The van der Waals surface area contributed by atoms with Crippen molar-refractivity contribution >= 4 is 5.82 Å². The van der Waals surface area contributed by atoms with Crippen LogP contribution in [-0.4, -0.2) is 18.1 Å². The number of aryl methyl sites for hydroxylation is 2. The van der Waals surface area contributed by atoms with Crippen LogP contribution in [0.15, 0.2) is 0 Å². The SMILES string of the molecule is CC.Cc1[c-]nc(N2CCCCC2)c(C)[c-]1.[W].[Y]. The van der Waals surface area contributed by atoms with Crippen LogP contribution in [0.3, 0.4) is 0 Å². The summed E-state index contributed by atoms with van der Waals surface area (Å²) in [5.74, 6) is 1.08. The van der Waals surface area contributed by atoms with Crippen molar-refractivity contribution in [3.8, 4) is 0 Å². The molecule has 0 saturated carbocycles. The van der Waals surface area contributed by atoms with E-state index in [4.69, 9.17) is 0 Å². The Bertz CT molecular complexity index is 326. The molecule has 0 unspecified atom stereocenters. The van der Waals surface area contributed by atoms with E-state index >= 15 is 0 Å². The molecule has 0 atom stereocenters. The smallest absolute Gasteiger partial charge is 0 e. The first-order chi connectivity index (χ1) is 7.77. The number of pyridine rings is 1. The Kier molecular flexibility index (Phi) is 13.5. The van der Waals surface area contributed by atoms with Crippen molar-refractivity contribution in [2.45, 2.75) is 47.0 Å². The van der Waals surface area contributed by atoms with Gasteiger partial charge in [0.1, 0.15) is 0 Å². The third-order valence-electron chi connectivity index (χ3n) is 2.70. The van der Waals surface area contributed by atoms with Crippen LogP contribution in [0.25, 0.3) is 0 Å². The summed E-state index contributed by atoms with van der Waals surface area (Å²) in [4.78, 5) is 6.72. The molecule has 0 aromatic carbocycles. The average molecular weight is 491 g/mol. The fraction of sp³-hybridized carbons (Fsp3) is 0.643. The quantitative estimate of drug-likeness (QED) is 0.561. The monoisotopic (exact) mass is 491 g/mol. The zero-order valence-electron chi connectivity index (χ0n) is 11.9. The third-order valence-corrected chi connectivity index (χ3v) is 2.70. The molecule has 4 heteroatoms. The van der Waals surface area contributed by atoms with Gasteiger partial charge in [-0.3, -0.25) is 11.8 Å². The van der Waals surface area contributed by atoms with Crippen LogP contribution in [0, 0.1) is 26.1 Å². The van der Waals surface area contributed by atoms with Crippen molar-refractivity contribution in [1.82, 2.24) is 4.98 Å². The van der Waals surface area contributed by atoms with E-state index in [1.807, 2.05) is 20.8 Å². The zero-order chi connectivity index (χ0) is 12.0. The molecule has 99 valence electrons. The molecule has 18 heavy (non-hydrogen) atoms. The van der Waals surface area contributed by atoms with Gasteiger partial charge in [-0.2, -0.15) is 0 Å². The minimum Gasteiger partial charge on any atom is -0.507 e. The van der Waals surface area contributed by atoms with Gasteiger partial charge < -0.3 is 16.0 Å². The number of hydrogen-bond acceptors (Lipinski definition) is 2. The summed E-state index contributed by atoms with van der Waals surface area (Å²) in [5, 5.41) is 0. The third kappa shape index (κ3) is 6.26. The first kappa shape index (κ1) is 21.0. The molecule has 2 rings (SSSR count). The van der Waals surface area contributed by atoms with E-state index in [9.17, 15) is 0 Å². The standard InChI is InChI=1S/C12H16N2.C2H6.W.Y/c1-10-8-11(2)12(13-9-10)14-6-4-3-5-7-14;1-2;;/h3-7H2,1-2H3;1-2H3;;/q-2;;;. The van der Waals surface area contributed by atoms with Crippen LogP contribution in [0.4, 0.5) is 5.82 Å². The molecule has 1 fully saturated rings. The second-order valence-electron chi connectivity index (χ2n) is 3.97. The average Bonchev–Trinajstić information content (AvgIpc) is 2.33. The van der Waals surface area contributed by atoms with Crippen molar-refractivity contribution in [2.75, 3.05) is 18.0 Å². The van der Waals surface area contributed by atoms with E-state index in [2.05, 4.69) is 29.1 Å². The summed E-state index contributed by atoms with van der Waals surface area (Å²) in [5.41, 5.74) is 2.16. The molecule has 0 N–H and O–H groups in total. The predicted octanol–water partition coefficient (Wildman–Crippen LogP) is 3.31. The van der Waals surface area contributed by atoms with Gasteiger partial charge in [0.2, 0.25) is 0 Å². The number of rotatable bonds is 1. The van der Waals surface area contributed by atoms with E-state index in [0.29, 0.717) is 0 Å². The van der Waals surface area contributed by atoms with Gasteiger partial charge >= 0.3 is 0 Å². The maximum atomic E-state index is 4.37. The molecule has 1 radical (unpaired) electrons. The Hall–Kier alpha value is 0.742. The van der Waals surface area contributed by atoms with E-state index in [-0.39, 0.29) is 53.8 Å². The van der Waals surface area contributed by atoms with Crippen LogP contribution >= 0.6 is 0 Å². The molecule has 0 aliphatic carbocycles. The number of hydrogen-bond donors (Lipinski definition) is 0. The van der Waals surface area contributed by atoms with Gasteiger partial charge in [0.15, 0.2) is 0 Å². The van der Waals surface area contributed by atoms with Crippen LogP contribution < -0.4 is 4.90 Å². The Balaban J connectivity index is 0. The van der Waals surface area contributed by atoms with Crippen molar-refractivity contribution in [3.63, 3.8) is 0 Å². The number of anilines is 1. The molecule has 1 aliphatic heterocycles. The van der Waals surface area contributed by atoms with Crippen LogP contribution in [0.2, 0.25) is 0 Å². The Morgan fingerprint density at radius 2 is 1.61 bits per heavy atom. The summed E-state index contributed by atoms with van der Waals surface area (Å²) in [7, 11) is 0. The fourth-order valence-electron chi connectivity index (χ4n) is 2.00. The van der Waals surface area contributed by atoms with Crippen LogP contribution in [0.5, 0.6) is 0 Å². The van der Waals surface area contributed by atoms with E-state index in [1.54, 1.807) is 0 Å². The summed E-state index contributed by atoms with van der Waals surface area (Å²) < 4.78 is 0. The van der Waals surface area contributed by atoms with Crippen molar-refractivity contribution in [1.29, 1.82) is 0 Å². The van der Waals surface area contributed by atoms with Crippen molar-refractivity contribution in [3.05, 3.63) is 23.4 Å². The minimum atomic E-state index is 0. The predicted molar refractivity (Wildman–Crippen MR) is 68.8 cm³/mol. The second-order valence-corrected chi connectivity index (χ2v) is 3.97. The molecular weight excluding hydrogens is 469 g/mol. The van der Waals surface area contributed by atoms with Gasteiger partial charge in [0.25, 0.3) is 0 Å². The van der Waals surface area contributed by atoms with Gasteiger partial charge in [0, 0.05) is 53.8 Å². The maximum absolute atomic E-state index is 4.37. The number of nitrogens with zero attached hydrogens (tertiary/aromatic N) is 2. The molecule has 2 heterocycles. The van der Waals surface area contributed by atoms with Crippen LogP contribution in [0.1, 0.15) is 44.2 Å². The van der Waals surface area contributed by atoms with Gasteiger partial charge in [-0.15, -0.1) is 5.82 Å². The van der Waals surface area contributed by atoms with Crippen molar-refractivity contribution < 1.29 is 53.8 Å². The molecule has 0 spiro atoms. The van der Waals surface area contributed by atoms with E-state index in [0.717, 1.165) is 30.0 Å². The minimum absolute atomic E-state index is 0. The summed E-state index contributed by atoms with van der Waals surface area (Å²) in [6.07, 6.45) is 6.92. The summed E-state index contributed by atoms with van der Waals surface area (Å²) >= 11 is 0. The Labute approximate surface area is 151 Å². The molecule has 1 aromatic rings. The number of aromatic nitrogens is 1. The van der Waals surface area contributed by atoms with Gasteiger partial charge in [0.05, 0.1) is 0 Å². The zero-order valence-corrected chi connectivity index (χ0v) is 17.7. The molecule has 1 aromatic heterocycles. The molecule has 1 aliphatic rings. The molecule has 0 bridgehead atoms. The van der Waals surface area contributed by atoms with E-state index in [1.165, 1.54) is 19.3 Å². The maximum Gasteiger partial charge on any atom is 0 e. The Morgan fingerprint density at radius 1 is 1.06 bits per heavy atom. The topological polar surface area (TPSA) is 16.1 Å². The van der Waals surface area contributed by atoms with E-state index < -0.39 is 0 Å². The molecule has 1 saturated heterocycles. The molecule has 2 nitrogen and oxygen atoms in total. The normalized spacial score (nSPS) is 13.7. The van der Waals surface area contributed by atoms with Gasteiger partial charge in [-0.25, -0.2) is 5.56 Å². The fourth-order valence-corrected chi connectivity index (χ4v) is 2.00. The Morgan fingerprint density at radius 3 is 2.11 bits per heavy atom. The second kappa shape index (κ2) is 11.6. The summed E-state index contributed by atoms with van der Waals surface area (Å²) in [6.45, 7) is 10.3. The first-order valence-electron chi connectivity index (χ1n) is 6.30. The van der Waals surface area contributed by atoms with Crippen molar-refractivity contribution in [2.24, 2.45) is 0 Å².